The molecule has 2 nitrogen and oxygen atoms in total. The molecule has 0 amide bonds. The molecule has 1 aliphatic heterocycles. The molecule has 1 heterocycles. The van der Waals surface area contributed by atoms with Gasteiger partial charge < -0.3 is 5.73 Å². The first kappa shape index (κ1) is 11.9. The zero-order chi connectivity index (χ0) is 10.7. The fourth-order valence-electron chi connectivity index (χ4n) is 2.12. The van der Waals surface area contributed by atoms with Gasteiger partial charge >= 0.3 is 0 Å². The van der Waals surface area contributed by atoms with E-state index in [-0.39, 0.29) is 0 Å². The van der Waals surface area contributed by atoms with Crippen molar-refractivity contribution in [2.45, 2.75) is 39.7 Å². The molecule has 0 bridgehead atoms. The molecule has 1 saturated heterocycles. The normalized spacial score (nSPS) is 31.4. The molecule has 1 aliphatic rings. The van der Waals surface area contributed by atoms with Gasteiger partial charge in [-0.2, -0.15) is 0 Å². The molecule has 1 fully saturated rings. The molecule has 0 aromatic carbocycles. The van der Waals surface area contributed by atoms with Gasteiger partial charge in [-0.3, -0.25) is 4.90 Å². The van der Waals surface area contributed by atoms with Crippen LogP contribution in [0.1, 0.15) is 33.6 Å². The lowest BCUT2D eigenvalue weighted by atomic mass is 9.91. The van der Waals surface area contributed by atoms with Crippen LogP contribution in [0.3, 0.4) is 0 Å². The van der Waals surface area contributed by atoms with Crippen LogP contribution >= 0.6 is 12.2 Å². The van der Waals surface area contributed by atoms with E-state index in [1.807, 2.05) is 0 Å². The van der Waals surface area contributed by atoms with Crippen molar-refractivity contribution in [3.05, 3.63) is 0 Å². The smallest absolute Gasteiger partial charge is 0.0768 e. The average Bonchev–Trinajstić information content (AvgIpc) is 2.12. The minimum absolute atomic E-state index is 0.345. The molecule has 3 heteroatoms. The number of piperidine rings is 1. The second-order valence-electron chi connectivity index (χ2n) is 4.66. The molecule has 3 unspecified atom stereocenters. The van der Waals surface area contributed by atoms with Crippen LogP contribution in [0.25, 0.3) is 0 Å². The van der Waals surface area contributed by atoms with Crippen molar-refractivity contribution >= 4 is 17.2 Å². The summed E-state index contributed by atoms with van der Waals surface area (Å²) in [4.78, 5) is 3.17. The standard InChI is InChI=1S/C11H22N2S/c1-8-5-4-6-13(10(8)3)7-9(2)11(12)14/h8-10H,4-7H2,1-3H3,(H2,12,14). The molecule has 0 aliphatic carbocycles. The van der Waals surface area contributed by atoms with Gasteiger partial charge in [0.2, 0.25) is 0 Å². The molecule has 14 heavy (non-hydrogen) atoms. The number of hydrogen-bond acceptors (Lipinski definition) is 2. The zero-order valence-corrected chi connectivity index (χ0v) is 10.3. The van der Waals surface area contributed by atoms with E-state index in [0.29, 0.717) is 16.9 Å². The molecule has 2 N–H and O–H groups in total. The van der Waals surface area contributed by atoms with E-state index in [4.69, 9.17) is 18.0 Å². The Balaban J connectivity index is 2.46. The topological polar surface area (TPSA) is 29.3 Å². The van der Waals surface area contributed by atoms with Crippen molar-refractivity contribution in [3.8, 4) is 0 Å². The lowest BCUT2D eigenvalue weighted by molar-refractivity contribution is 0.107. The van der Waals surface area contributed by atoms with Crippen molar-refractivity contribution in [2.75, 3.05) is 13.1 Å². The minimum Gasteiger partial charge on any atom is -0.393 e. The summed E-state index contributed by atoms with van der Waals surface area (Å²) in [7, 11) is 0. The predicted molar refractivity (Wildman–Crippen MR) is 65.4 cm³/mol. The van der Waals surface area contributed by atoms with Crippen molar-refractivity contribution in [2.24, 2.45) is 17.6 Å². The Bertz CT molecular complexity index is 205. The molecule has 0 spiro atoms. The third kappa shape index (κ3) is 2.92. The van der Waals surface area contributed by atoms with Gasteiger partial charge in [0.05, 0.1) is 4.99 Å². The van der Waals surface area contributed by atoms with Crippen molar-refractivity contribution in [3.63, 3.8) is 0 Å². The largest absolute Gasteiger partial charge is 0.393 e. The second kappa shape index (κ2) is 5.08. The highest BCUT2D eigenvalue weighted by atomic mass is 32.1. The SMILES string of the molecule is CC(CN1CCCC(C)C1C)C(N)=S. The first-order valence-electron chi connectivity index (χ1n) is 5.55. The number of rotatable bonds is 3. The number of thiocarbonyl (C=S) groups is 1. The quantitative estimate of drug-likeness (QED) is 0.729. The molecular weight excluding hydrogens is 192 g/mol. The highest BCUT2D eigenvalue weighted by Crippen LogP contribution is 2.23. The van der Waals surface area contributed by atoms with E-state index in [1.54, 1.807) is 0 Å². The molecule has 0 saturated carbocycles. The molecular formula is C11H22N2S. The van der Waals surface area contributed by atoms with Crippen LogP contribution in [0.2, 0.25) is 0 Å². The summed E-state index contributed by atoms with van der Waals surface area (Å²) in [5.41, 5.74) is 5.64. The lowest BCUT2D eigenvalue weighted by Crippen LogP contribution is -2.45. The van der Waals surface area contributed by atoms with Gasteiger partial charge in [-0.05, 0) is 32.2 Å². The maximum Gasteiger partial charge on any atom is 0.0768 e. The first-order valence-corrected chi connectivity index (χ1v) is 5.96. The van der Waals surface area contributed by atoms with Crippen LogP contribution in [0.4, 0.5) is 0 Å². The number of hydrogen-bond donors (Lipinski definition) is 1. The minimum atomic E-state index is 0.345. The van der Waals surface area contributed by atoms with Crippen molar-refractivity contribution in [1.29, 1.82) is 0 Å². The lowest BCUT2D eigenvalue weighted by Gasteiger charge is -2.39. The summed E-state index contributed by atoms with van der Waals surface area (Å²) in [5, 5.41) is 0. The van der Waals surface area contributed by atoms with Crippen molar-refractivity contribution in [1.82, 2.24) is 4.90 Å². The van der Waals surface area contributed by atoms with Crippen LogP contribution in [0.5, 0.6) is 0 Å². The molecule has 82 valence electrons. The summed E-state index contributed by atoms with van der Waals surface area (Å²) in [6, 6.07) is 0.681. The fourth-order valence-corrected chi connectivity index (χ4v) is 2.19. The van der Waals surface area contributed by atoms with Gasteiger partial charge in [0.15, 0.2) is 0 Å². The van der Waals surface area contributed by atoms with Crippen LogP contribution in [-0.2, 0) is 0 Å². The Morgan fingerprint density at radius 1 is 1.57 bits per heavy atom. The van der Waals surface area contributed by atoms with Gasteiger partial charge in [-0.25, -0.2) is 0 Å². The second-order valence-corrected chi connectivity index (χ2v) is 5.13. The average molecular weight is 214 g/mol. The van der Waals surface area contributed by atoms with Gasteiger partial charge in [0.25, 0.3) is 0 Å². The Morgan fingerprint density at radius 3 is 2.79 bits per heavy atom. The number of nitrogens with zero attached hydrogens (tertiary/aromatic N) is 1. The highest BCUT2D eigenvalue weighted by Gasteiger charge is 2.25. The van der Waals surface area contributed by atoms with Gasteiger partial charge in [-0.1, -0.05) is 26.1 Å². The van der Waals surface area contributed by atoms with E-state index in [2.05, 4.69) is 25.7 Å². The van der Waals surface area contributed by atoms with E-state index in [9.17, 15) is 0 Å². The summed E-state index contributed by atoms with van der Waals surface area (Å²) >= 11 is 5.01. The van der Waals surface area contributed by atoms with Crippen LogP contribution in [0, 0.1) is 11.8 Å². The number of nitrogens with two attached hydrogens (primary N) is 1. The Kier molecular flexibility index (Phi) is 4.32. The van der Waals surface area contributed by atoms with Gasteiger partial charge in [0, 0.05) is 18.5 Å². The maximum atomic E-state index is 5.64. The summed E-state index contributed by atoms with van der Waals surface area (Å²) in [6.45, 7) is 9.01. The maximum absolute atomic E-state index is 5.64. The van der Waals surface area contributed by atoms with Gasteiger partial charge in [0.1, 0.15) is 0 Å². The van der Waals surface area contributed by atoms with Crippen LogP contribution in [0.15, 0.2) is 0 Å². The van der Waals surface area contributed by atoms with E-state index in [0.717, 1.165) is 12.5 Å². The Hall–Kier alpha value is -0.150. The molecule has 0 aromatic heterocycles. The molecule has 0 radical (unpaired) electrons. The third-order valence-corrected chi connectivity index (χ3v) is 3.90. The summed E-state index contributed by atoms with van der Waals surface area (Å²) in [6.07, 6.45) is 2.68. The molecule has 0 aromatic rings. The Morgan fingerprint density at radius 2 is 2.21 bits per heavy atom. The highest BCUT2D eigenvalue weighted by molar-refractivity contribution is 7.80. The molecule has 3 atom stereocenters. The zero-order valence-electron chi connectivity index (χ0n) is 9.49. The Labute approximate surface area is 92.8 Å². The summed E-state index contributed by atoms with van der Waals surface area (Å²) in [5.74, 6) is 1.15. The summed E-state index contributed by atoms with van der Waals surface area (Å²) < 4.78 is 0. The predicted octanol–water partition coefficient (Wildman–Crippen LogP) is 2.03. The molecule has 1 rings (SSSR count). The third-order valence-electron chi connectivity index (χ3n) is 3.50. The van der Waals surface area contributed by atoms with E-state index < -0.39 is 0 Å². The monoisotopic (exact) mass is 214 g/mol. The van der Waals surface area contributed by atoms with E-state index >= 15 is 0 Å². The van der Waals surface area contributed by atoms with Crippen LogP contribution < -0.4 is 5.73 Å². The first-order chi connectivity index (χ1) is 6.52. The van der Waals surface area contributed by atoms with E-state index in [1.165, 1.54) is 19.4 Å². The number of likely N-dealkylation sites (tertiary alicyclic amines) is 1. The van der Waals surface area contributed by atoms with Gasteiger partial charge in [-0.15, -0.1) is 0 Å². The van der Waals surface area contributed by atoms with Crippen molar-refractivity contribution < 1.29 is 0 Å². The van der Waals surface area contributed by atoms with Crippen LogP contribution in [-0.4, -0.2) is 29.0 Å². The fraction of sp³-hybridized carbons (Fsp3) is 0.909.